The van der Waals surface area contributed by atoms with Crippen LogP contribution in [-0.2, 0) is 6.61 Å². The minimum Gasteiger partial charge on any atom is -0.489 e. The monoisotopic (exact) mass is 328 g/mol. The van der Waals surface area contributed by atoms with Crippen LogP contribution in [0.25, 0.3) is 0 Å². The number of carbonyl (C=O) groups is 1. The van der Waals surface area contributed by atoms with Crippen molar-refractivity contribution in [1.82, 2.24) is 10.3 Å². The molecule has 2 aromatic rings. The maximum Gasteiger partial charge on any atom is 0.251 e. The zero-order valence-electron chi connectivity index (χ0n) is 14.1. The lowest BCUT2D eigenvalue weighted by atomic mass is 10.1. The molecular formula is C19H24N2O3. The average Bonchev–Trinajstić information content (AvgIpc) is 2.58. The molecule has 0 bridgehead atoms. The highest BCUT2D eigenvalue weighted by molar-refractivity contribution is 5.94. The van der Waals surface area contributed by atoms with Crippen LogP contribution in [-0.4, -0.2) is 28.6 Å². The summed E-state index contributed by atoms with van der Waals surface area (Å²) in [6, 6.07) is 10.8. The van der Waals surface area contributed by atoms with Gasteiger partial charge in [0.05, 0.1) is 6.10 Å². The highest BCUT2D eigenvalue weighted by Gasteiger charge is 2.11. The van der Waals surface area contributed by atoms with Crippen molar-refractivity contribution in [2.75, 3.05) is 6.54 Å². The van der Waals surface area contributed by atoms with Crippen LogP contribution in [0.5, 0.6) is 5.75 Å². The molecule has 1 heterocycles. The Morgan fingerprint density at radius 3 is 2.83 bits per heavy atom. The first kappa shape index (κ1) is 17.9. The number of carbonyl (C=O) groups excluding carboxylic acids is 1. The minimum atomic E-state index is -0.529. The molecule has 1 unspecified atom stereocenters. The fourth-order valence-electron chi connectivity index (χ4n) is 2.32. The highest BCUT2D eigenvalue weighted by atomic mass is 16.5. The van der Waals surface area contributed by atoms with Crippen LogP contribution in [0.4, 0.5) is 0 Å². The van der Waals surface area contributed by atoms with Gasteiger partial charge in [0.2, 0.25) is 0 Å². The van der Waals surface area contributed by atoms with Crippen LogP contribution in [0, 0.1) is 5.92 Å². The van der Waals surface area contributed by atoms with Gasteiger partial charge in [0.1, 0.15) is 12.4 Å². The van der Waals surface area contributed by atoms with Gasteiger partial charge < -0.3 is 15.2 Å². The smallest absolute Gasteiger partial charge is 0.251 e. The van der Waals surface area contributed by atoms with Crippen molar-refractivity contribution < 1.29 is 14.6 Å². The van der Waals surface area contributed by atoms with Gasteiger partial charge in [0.25, 0.3) is 5.91 Å². The zero-order valence-corrected chi connectivity index (χ0v) is 14.1. The minimum absolute atomic E-state index is 0.218. The Balaban J connectivity index is 1.88. The number of nitrogens with zero attached hydrogens (tertiary/aromatic N) is 1. The lowest BCUT2D eigenvalue weighted by Gasteiger charge is -2.14. The normalized spacial score (nSPS) is 12.0. The van der Waals surface area contributed by atoms with Gasteiger partial charge in [-0.05, 0) is 36.6 Å². The number of rotatable bonds is 8. The number of amides is 1. The number of aliphatic hydroxyl groups excluding tert-OH is 1. The molecule has 24 heavy (non-hydrogen) atoms. The number of aromatic nitrogens is 1. The summed E-state index contributed by atoms with van der Waals surface area (Å²) < 4.78 is 5.69. The maximum atomic E-state index is 12.2. The second-order valence-corrected chi connectivity index (χ2v) is 6.17. The van der Waals surface area contributed by atoms with E-state index < -0.39 is 6.10 Å². The standard InChI is InChI=1S/C19H24N2O3/c1-14(2)9-17(22)12-21-19(23)16-6-3-7-18(10-16)24-13-15-5-4-8-20-11-15/h3-8,10-11,14,17,22H,9,12-13H2,1-2H3,(H,21,23). The van der Waals surface area contributed by atoms with Crippen LogP contribution >= 0.6 is 0 Å². The van der Waals surface area contributed by atoms with E-state index in [9.17, 15) is 9.90 Å². The molecule has 5 heteroatoms. The van der Waals surface area contributed by atoms with Crippen molar-refractivity contribution in [2.45, 2.75) is 33.0 Å². The average molecular weight is 328 g/mol. The van der Waals surface area contributed by atoms with Gasteiger partial charge in [-0.25, -0.2) is 0 Å². The van der Waals surface area contributed by atoms with Crippen molar-refractivity contribution >= 4 is 5.91 Å². The number of hydrogen-bond acceptors (Lipinski definition) is 4. The fourth-order valence-corrected chi connectivity index (χ4v) is 2.32. The lowest BCUT2D eigenvalue weighted by Crippen LogP contribution is -2.32. The SMILES string of the molecule is CC(C)CC(O)CNC(=O)c1cccc(OCc2cccnc2)c1. The van der Waals surface area contributed by atoms with E-state index in [2.05, 4.69) is 10.3 Å². The van der Waals surface area contributed by atoms with Gasteiger partial charge in [0, 0.05) is 30.1 Å². The molecule has 1 aromatic carbocycles. The molecule has 5 nitrogen and oxygen atoms in total. The van der Waals surface area contributed by atoms with Crippen molar-refractivity contribution in [3.05, 3.63) is 59.9 Å². The number of nitrogens with one attached hydrogen (secondary N) is 1. The molecule has 2 N–H and O–H groups in total. The molecule has 2 rings (SSSR count). The van der Waals surface area contributed by atoms with Crippen LogP contribution < -0.4 is 10.1 Å². The number of benzene rings is 1. The Kier molecular flexibility index (Phi) is 6.75. The van der Waals surface area contributed by atoms with Gasteiger partial charge in [-0.1, -0.05) is 26.0 Å². The van der Waals surface area contributed by atoms with E-state index in [0.29, 0.717) is 30.3 Å². The molecular weight excluding hydrogens is 304 g/mol. The van der Waals surface area contributed by atoms with E-state index in [1.165, 1.54) is 0 Å². The Morgan fingerprint density at radius 2 is 2.12 bits per heavy atom. The molecule has 1 atom stereocenters. The summed E-state index contributed by atoms with van der Waals surface area (Å²) in [6.07, 6.45) is 3.59. The van der Waals surface area contributed by atoms with Gasteiger partial charge in [-0.3, -0.25) is 9.78 Å². The highest BCUT2D eigenvalue weighted by Crippen LogP contribution is 2.15. The second kappa shape index (κ2) is 9.03. The van der Waals surface area contributed by atoms with E-state index in [4.69, 9.17) is 4.74 Å². The largest absolute Gasteiger partial charge is 0.489 e. The summed E-state index contributed by atoms with van der Waals surface area (Å²) >= 11 is 0. The first-order chi connectivity index (χ1) is 11.5. The summed E-state index contributed by atoms with van der Waals surface area (Å²) in [6.45, 7) is 4.71. The molecule has 0 spiro atoms. The third-order valence-corrected chi connectivity index (χ3v) is 3.47. The molecule has 128 valence electrons. The molecule has 0 aliphatic carbocycles. The molecule has 0 fully saturated rings. The molecule has 1 aromatic heterocycles. The molecule has 0 saturated heterocycles. The third-order valence-electron chi connectivity index (χ3n) is 3.47. The summed E-state index contributed by atoms with van der Waals surface area (Å²) in [5, 5.41) is 12.6. The van der Waals surface area contributed by atoms with Crippen LogP contribution in [0.3, 0.4) is 0 Å². The zero-order chi connectivity index (χ0) is 17.4. The summed E-state index contributed by atoms with van der Waals surface area (Å²) in [7, 11) is 0. The topological polar surface area (TPSA) is 71.5 Å². The van der Waals surface area contributed by atoms with E-state index in [1.807, 2.05) is 26.0 Å². The van der Waals surface area contributed by atoms with E-state index in [1.54, 1.807) is 36.7 Å². The number of pyridine rings is 1. The summed E-state index contributed by atoms with van der Waals surface area (Å²) in [4.78, 5) is 16.2. The third kappa shape index (κ3) is 6.01. The lowest BCUT2D eigenvalue weighted by molar-refractivity contribution is 0.0900. The number of hydrogen-bond donors (Lipinski definition) is 2. The van der Waals surface area contributed by atoms with Crippen LogP contribution in [0.1, 0.15) is 36.2 Å². The van der Waals surface area contributed by atoms with Crippen molar-refractivity contribution in [2.24, 2.45) is 5.92 Å². The van der Waals surface area contributed by atoms with Gasteiger partial charge in [-0.15, -0.1) is 0 Å². The van der Waals surface area contributed by atoms with Gasteiger partial charge >= 0.3 is 0 Å². The quantitative estimate of drug-likeness (QED) is 0.782. The Morgan fingerprint density at radius 1 is 1.29 bits per heavy atom. The predicted octanol–water partition coefficient (Wildman–Crippen LogP) is 2.80. The molecule has 0 aliphatic rings. The van der Waals surface area contributed by atoms with Crippen LogP contribution in [0.15, 0.2) is 48.8 Å². The van der Waals surface area contributed by atoms with Gasteiger partial charge in [0.15, 0.2) is 0 Å². The first-order valence-corrected chi connectivity index (χ1v) is 8.12. The van der Waals surface area contributed by atoms with E-state index in [0.717, 1.165) is 5.56 Å². The second-order valence-electron chi connectivity index (χ2n) is 6.17. The fraction of sp³-hybridized carbons (Fsp3) is 0.368. The van der Waals surface area contributed by atoms with E-state index >= 15 is 0 Å². The molecule has 0 saturated carbocycles. The first-order valence-electron chi connectivity index (χ1n) is 8.12. The molecule has 1 amide bonds. The summed E-state index contributed by atoms with van der Waals surface area (Å²) in [5.41, 5.74) is 1.47. The Labute approximate surface area is 142 Å². The van der Waals surface area contributed by atoms with Gasteiger partial charge in [-0.2, -0.15) is 0 Å². The van der Waals surface area contributed by atoms with Crippen LogP contribution in [0.2, 0.25) is 0 Å². The van der Waals surface area contributed by atoms with Crippen molar-refractivity contribution in [1.29, 1.82) is 0 Å². The molecule has 0 radical (unpaired) electrons. The Bertz CT molecular complexity index is 644. The number of ether oxygens (including phenoxy) is 1. The van der Waals surface area contributed by atoms with Crippen molar-refractivity contribution in [3.63, 3.8) is 0 Å². The van der Waals surface area contributed by atoms with Crippen molar-refractivity contribution in [3.8, 4) is 5.75 Å². The molecule has 0 aliphatic heterocycles. The number of aliphatic hydroxyl groups is 1. The van der Waals surface area contributed by atoms with E-state index in [-0.39, 0.29) is 12.5 Å². The predicted molar refractivity (Wildman–Crippen MR) is 92.8 cm³/mol. The maximum absolute atomic E-state index is 12.2. The summed E-state index contributed by atoms with van der Waals surface area (Å²) in [5.74, 6) is 0.792. The Hall–Kier alpha value is -2.40.